The molecule has 3 heterocycles. The molecular weight excluding hydrogens is 372 g/mol. The monoisotopic (exact) mass is 398 g/mol. The number of carbonyl (C=O) groups excluding carboxylic acids is 1. The van der Waals surface area contributed by atoms with E-state index in [1.807, 2.05) is 17.0 Å². The molecule has 1 aromatic carbocycles. The molecule has 3 atom stereocenters. The number of nitrogens with one attached hydrogen (secondary N) is 1. The van der Waals surface area contributed by atoms with Crippen LogP contribution in [0.2, 0.25) is 0 Å². The van der Waals surface area contributed by atoms with Gasteiger partial charge in [-0.1, -0.05) is 12.1 Å². The predicted molar refractivity (Wildman–Crippen MR) is 108 cm³/mol. The van der Waals surface area contributed by atoms with Crippen molar-refractivity contribution in [3.8, 4) is 5.75 Å². The van der Waals surface area contributed by atoms with Crippen LogP contribution >= 0.6 is 0 Å². The number of aryl methyl sites for hydroxylation is 1. The van der Waals surface area contributed by atoms with Crippen molar-refractivity contribution in [1.82, 2.24) is 19.4 Å². The van der Waals surface area contributed by atoms with Gasteiger partial charge in [0.05, 0.1) is 7.11 Å². The van der Waals surface area contributed by atoms with Gasteiger partial charge in [0.2, 0.25) is 5.91 Å². The zero-order valence-electron chi connectivity index (χ0n) is 16.9. The van der Waals surface area contributed by atoms with Gasteiger partial charge >= 0.3 is 5.69 Å². The van der Waals surface area contributed by atoms with Gasteiger partial charge in [0.25, 0.3) is 5.56 Å². The van der Waals surface area contributed by atoms with Gasteiger partial charge in [0, 0.05) is 43.4 Å². The standard InChI is InChI=1S/C21H26N4O4/c1-13-8-25(21(28)22-20(13)27)12-18(26)24-10-15-9-23(2)19(17(15)11-24)14-4-6-16(29-3)7-5-14/h4-8,15,17,19H,9-12H2,1-3H3,(H,22,27,28)/t15-,17+,19+/m0/s1. The number of H-pyrrole nitrogens is 1. The van der Waals surface area contributed by atoms with Crippen molar-refractivity contribution >= 4 is 5.91 Å². The molecule has 0 saturated carbocycles. The summed E-state index contributed by atoms with van der Waals surface area (Å²) >= 11 is 0. The van der Waals surface area contributed by atoms with Crippen LogP contribution in [0, 0.1) is 18.8 Å². The number of aromatic nitrogens is 2. The lowest BCUT2D eigenvalue weighted by Crippen LogP contribution is -2.39. The van der Waals surface area contributed by atoms with Crippen LogP contribution in [-0.4, -0.2) is 59.0 Å². The maximum atomic E-state index is 12.8. The highest BCUT2D eigenvalue weighted by Gasteiger charge is 2.47. The molecule has 0 aliphatic carbocycles. The van der Waals surface area contributed by atoms with Gasteiger partial charge in [-0.05, 0) is 37.6 Å². The predicted octanol–water partition coefficient (Wildman–Crippen LogP) is 0.615. The SMILES string of the molecule is COc1ccc([C@@H]2[C@@H]3CN(C(=O)Cn4cc(C)c(=O)[nH]c4=O)C[C@@H]3CN2C)cc1. The van der Waals surface area contributed by atoms with Crippen LogP contribution in [0.25, 0.3) is 0 Å². The number of amides is 1. The molecule has 0 bridgehead atoms. The van der Waals surface area contributed by atoms with Crippen LogP contribution in [-0.2, 0) is 11.3 Å². The van der Waals surface area contributed by atoms with Gasteiger partial charge in [0.15, 0.2) is 0 Å². The zero-order chi connectivity index (χ0) is 20.7. The van der Waals surface area contributed by atoms with E-state index >= 15 is 0 Å². The number of rotatable bonds is 4. The highest BCUT2D eigenvalue weighted by Crippen LogP contribution is 2.44. The molecular formula is C21H26N4O4. The van der Waals surface area contributed by atoms with Crippen molar-refractivity contribution in [2.45, 2.75) is 19.5 Å². The molecule has 4 rings (SSSR count). The first kappa shape index (κ1) is 19.4. The van der Waals surface area contributed by atoms with Crippen molar-refractivity contribution in [3.05, 3.63) is 62.4 Å². The van der Waals surface area contributed by atoms with Crippen molar-refractivity contribution in [1.29, 1.82) is 0 Å². The Kier molecular flexibility index (Phi) is 5.04. The average Bonchev–Trinajstić information content (AvgIpc) is 3.23. The number of fused-ring (bicyclic) bond motifs is 1. The molecule has 1 amide bonds. The number of likely N-dealkylation sites (tertiary alicyclic amines) is 2. The first-order valence-electron chi connectivity index (χ1n) is 9.79. The Bertz CT molecular complexity index is 1030. The van der Waals surface area contributed by atoms with Crippen LogP contribution in [0.1, 0.15) is 17.2 Å². The summed E-state index contributed by atoms with van der Waals surface area (Å²) in [7, 11) is 3.78. The number of methoxy groups -OCH3 is 1. The number of benzene rings is 1. The van der Waals surface area contributed by atoms with Crippen LogP contribution in [0.4, 0.5) is 0 Å². The summed E-state index contributed by atoms with van der Waals surface area (Å²) in [5, 5.41) is 0. The number of carbonyl (C=O) groups is 1. The summed E-state index contributed by atoms with van der Waals surface area (Å²) in [4.78, 5) is 42.8. The van der Waals surface area contributed by atoms with E-state index < -0.39 is 11.2 Å². The van der Waals surface area contributed by atoms with E-state index in [9.17, 15) is 14.4 Å². The highest BCUT2D eigenvalue weighted by atomic mass is 16.5. The lowest BCUT2D eigenvalue weighted by atomic mass is 9.89. The van der Waals surface area contributed by atoms with Gasteiger partial charge in [0.1, 0.15) is 12.3 Å². The van der Waals surface area contributed by atoms with Crippen LogP contribution in [0.5, 0.6) is 5.75 Å². The van der Waals surface area contributed by atoms with Crippen molar-refractivity contribution < 1.29 is 9.53 Å². The van der Waals surface area contributed by atoms with Gasteiger partial charge in [-0.25, -0.2) is 4.79 Å². The summed E-state index contributed by atoms with van der Waals surface area (Å²) in [6.07, 6.45) is 1.45. The second kappa shape index (κ2) is 7.51. The minimum absolute atomic E-state index is 0.0566. The van der Waals surface area contributed by atoms with E-state index in [2.05, 4.69) is 29.1 Å². The summed E-state index contributed by atoms with van der Waals surface area (Å²) in [6, 6.07) is 8.38. The van der Waals surface area contributed by atoms with Crippen LogP contribution in [0.15, 0.2) is 40.1 Å². The first-order chi connectivity index (χ1) is 13.9. The third-order valence-electron chi connectivity index (χ3n) is 6.20. The summed E-state index contributed by atoms with van der Waals surface area (Å²) < 4.78 is 6.54. The minimum atomic E-state index is -0.552. The van der Waals surface area contributed by atoms with Gasteiger partial charge in [-0.3, -0.25) is 24.0 Å². The summed E-state index contributed by atoms with van der Waals surface area (Å²) in [5.41, 5.74) is 0.670. The van der Waals surface area contributed by atoms with E-state index in [4.69, 9.17) is 4.74 Å². The molecule has 0 spiro atoms. The maximum Gasteiger partial charge on any atom is 0.328 e. The summed E-state index contributed by atoms with van der Waals surface area (Å²) in [5.74, 6) is 1.50. The fourth-order valence-electron chi connectivity index (χ4n) is 4.75. The number of aromatic amines is 1. The van der Waals surface area contributed by atoms with Gasteiger partial charge in [-0.2, -0.15) is 0 Å². The van der Waals surface area contributed by atoms with E-state index in [0.29, 0.717) is 30.5 Å². The molecule has 2 fully saturated rings. The molecule has 2 aromatic rings. The van der Waals surface area contributed by atoms with E-state index in [-0.39, 0.29) is 18.5 Å². The smallest absolute Gasteiger partial charge is 0.328 e. The highest BCUT2D eigenvalue weighted by molar-refractivity contribution is 5.76. The largest absolute Gasteiger partial charge is 0.497 e. The van der Waals surface area contributed by atoms with E-state index in [1.165, 1.54) is 16.3 Å². The van der Waals surface area contributed by atoms with E-state index in [0.717, 1.165) is 12.3 Å². The fraction of sp³-hybridized carbons (Fsp3) is 0.476. The van der Waals surface area contributed by atoms with Crippen molar-refractivity contribution in [3.63, 3.8) is 0 Å². The Balaban J connectivity index is 1.49. The molecule has 0 radical (unpaired) electrons. The molecule has 154 valence electrons. The van der Waals surface area contributed by atoms with Crippen LogP contribution < -0.4 is 16.0 Å². The van der Waals surface area contributed by atoms with Crippen molar-refractivity contribution in [2.75, 3.05) is 33.8 Å². The Morgan fingerprint density at radius 1 is 1.17 bits per heavy atom. The molecule has 2 aliphatic rings. The Hall–Kier alpha value is -2.87. The molecule has 8 heteroatoms. The minimum Gasteiger partial charge on any atom is -0.497 e. The molecule has 2 saturated heterocycles. The second-order valence-electron chi connectivity index (χ2n) is 8.08. The molecule has 2 aliphatic heterocycles. The Morgan fingerprint density at radius 2 is 1.90 bits per heavy atom. The fourth-order valence-corrected chi connectivity index (χ4v) is 4.75. The third-order valence-corrected chi connectivity index (χ3v) is 6.20. The van der Waals surface area contributed by atoms with Gasteiger partial charge < -0.3 is 9.64 Å². The third kappa shape index (κ3) is 3.60. The van der Waals surface area contributed by atoms with E-state index in [1.54, 1.807) is 14.0 Å². The quantitative estimate of drug-likeness (QED) is 0.816. The summed E-state index contributed by atoms with van der Waals surface area (Å²) in [6.45, 7) is 3.86. The molecule has 29 heavy (non-hydrogen) atoms. The van der Waals surface area contributed by atoms with Gasteiger partial charge in [-0.15, -0.1) is 0 Å². The molecule has 0 unspecified atom stereocenters. The lowest BCUT2D eigenvalue weighted by molar-refractivity contribution is -0.131. The topological polar surface area (TPSA) is 87.6 Å². The first-order valence-corrected chi connectivity index (χ1v) is 9.79. The number of nitrogens with zero attached hydrogens (tertiary/aromatic N) is 3. The normalized spacial score (nSPS) is 24.0. The van der Waals surface area contributed by atoms with Crippen LogP contribution in [0.3, 0.4) is 0 Å². The molecule has 8 nitrogen and oxygen atoms in total. The zero-order valence-corrected chi connectivity index (χ0v) is 16.9. The van der Waals surface area contributed by atoms with Crippen molar-refractivity contribution in [2.24, 2.45) is 11.8 Å². The Morgan fingerprint density at radius 3 is 2.59 bits per heavy atom. The second-order valence-corrected chi connectivity index (χ2v) is 8.08. The average molecular weight is 398 g/mol. The number of ether oxygens (including phenoxy) is 1. The molecule has 1 aromatic heterocycles. The molecule has 1 N–H and O–H groups in total. The number of hydrogen-bond acceptors (Lipinski definition) is 5. The Labute approximate surface area is 168 Å². The number of hydrogen-bond donors (Lipinski definition) is 1. The maximum absolute atomic E-state index is 12.8. The lowest BCUT2D eigenvalue weighted by Gasteiger charge is -2.27.